The fourth-order valence-corrected chi connectivity index (χ4v) is 1.90. The maximum absolute atomic E-state index is 13.0. The lowest BCUT2D eigenvalue weighted by Gasteiger charge is -2.09. The Morgan fingerprint density at radius 3 is 2.43 bits per heavy atom. The topological polar surface area (TPSA) is 58.6 Å². The molecule has 5 nitrogen and oxygen atoms in total. The highest BCUT2D eigenvalue weighted by Crippen LogP contribution is 2.15. The van der Waals surface area contributed by atoms with Crippen LogP contribution in [0, 0.1) is 5.82 Å². The van der Waals surface area contributed by atoms with E-state index in [1.807, 2.05) is 14.1 Å². The van der Waals surface area contributed by atoms with Crippen molar-refractivity contribution >= 4 is 17.6 Å². The Balaban J connectivity index is 1.95. The number of nitrogens with one attached hydrogen (secondary N) is 1. The molecule has 0 atom stereocenters. The quantitative estimate of drug-likeness (QED) is 0.861. The van der Waals surface area contributed by atoms with Gasteiger partial charge in [0.2, 0.25) is 0 Å². The molecular formula is C17H17FN2O3. The number of Topliss-reactive ketones (excluding diaryl/α,β-unsaturated/α-hetero) is 1. The normalized spacial score (nSPS) is 10.4. The van der Waals surface area contributed by atoms with Gasteiger partial charge in [0.15, 0.2) is 5.78 Å². The molecule has 0 bridgehead atoms. The number of ketones is 1. The molecular weight excluding hydrogens is 299 g/mol. The number of halogens is 1. The molecule has 6 heteroatoms. The molecule has 120 valence electrons. The fraction of sp³-hybridized carbons (Fsp3) is 0.176. The van der Waals surface area contributed by atoms with E-state index in [0.717, 1.165) is 0 Å². The van der Waals surface area contributed by atoms with Gasteiger partial charge in [-0.05, 0) is 56.6 Å². The molecule has 0 heterocycles. The molecule has 2 aromatic carbocycles. The molecule has 2 aromatic rings. The third-order valence-electron chi connectivity index (χ3n) is 2.92. The lowest BCUT2D eigenvalue weighted by molar-refractivity contribution is 0.0958. The number of hydrogen-bond donors (Lipinski definition) is 1. The number of carbonyl (C=O) groups excluding carboxylic acids is 2. The summed E-state index contributed by atoms with van der Waals surface area (Å²) in [5.41, 5.74) is 0.837. The molecule has 0 aromatic heterocycles. The zero-order valence-corrected chi connectivity index (χ0v) is 12.9. The minimum absolute atomic E-state index is 0.0224. The number of nitrogens with zero attached hydrogens (tertiary/aromatic N) is 1. The van der Waals surface area contributed by atoms with Crippen molar-refractivity contribution < 1.29 is 18.7 Å². The molecule has 0 saturated heterocycles. The highest BCUT2D eigenvalue weighted by atomic mass is 19.1. The van der Waals surface area contributed by atoms with Crippen LogP contribution in [-0.2, 0) is 0 Å². The van der Waals surface area contributed by atoms with Gasteiger partial charge in [-0.15, -0.1) is 0 Å². The molecule has 2 rings (SSSR count). The summed E-state index contributed by atoms with van der Waals surface area (Å²) in [7, 11) is 3.62. The van der Waals surface area contributed by atoms with Crippen molar-refractivity contribution in [3.63, 3.8) is 0 Å². The molecule has 0 fully saturated rings. The van der Waals surface area contributed by atoms with Crippen molar-refractivity contribution in [2.24, 2.45) is 0 Å². The zero-order chi connectivity index (χ0) is 16.8. The maximum Gasteiger partial charge on any atom is 0.417 e. The van der Waals surface area contributed by atoms with Crippen molar-refractivity contribution in [2.45, 2.75) is 0 Å². The fourth-order valence-electron chi connectivity index (χ4n) is 1.90. The molecule has 23 heavy (non-hydrogen) atoms. The summed E-state index contributed by atoms with van der Waals surface area (Å²) in [4.78, 5) is 25.4. The van der Waals surface area contributed by atoms with E-state index in [0.29, 0.717) is 23.5 Å². The van der Waals surface area contributed by atoms with Gasteiger partial charge in [0.25, 0.3) is 0 Å². The van der Waals surface area contributed by atoms with E-state index in [-0.39, 0.29) is 5.78 Å². The minimum Gasteiger partial charge on any atom is -0.410 e. The number of carbonyl (C=O) groups is 2. The molecule has 0 spiro atoms. The number of amides is 1. The van der Waals surface area contributed by atoms with Crippen molar-refractivity contribution in [1.82, 2.24) is 4.90 Å². The number of likely N-dealkylation sites (N-methyl/N-ethyl adjacent to an activating group) is 1. The highest BCUT2D eigenvalue weighted by molar-refractivity contribution is 5.97. The molecule has 0 unspecified atom stereocenters. The molecule has 0 aliphatic rings. The summed E-state index contributed by atoms with van der Waals surface area (Å²) in [6.45, 7) is 0.306. The first-order chi connectivity index (χ1) is 10.9. The average Bonchev–Trinajstić information content (AvgIpc) is 2.47. The lowest BCUT2D eigenvalue weighted by Crippen LogP contribution is -2.21. The van der Waals surface area contributed by atoms with Gasteiger partial charge in [-0.2, -0.15) is 0 Å². The van der Waals surface area contributed by atoms with E-state index < -0.39 is 11.9 Å². The zero-order valence-electron chi connectivity index (χ0n) is 12.9. The molecule has 0 aliphatic carbocycles. The first-order valence-electron chi connectivity index (χ1n) is 6.96. The Morgan fingerprint density at radius 2 is 1.83 bits per heavy atom. The van der Waals surface area contributed by atoms with Crippen LogP contribution >= 0.6 is 0 Å². The van der Waals surface area contributed by atoms with Gasteiger partial charge in [0, 0.05) is 11.3 Å². The second kappa shape index (κ2) is 7.51. The van der Waals surface area contributed by atoms with Crippen molar-refractivity contribution in [3.8, 4) is 5.75 Å². The van der Waals surface area contributed by atoms with Crippen LogP contribution in [0.5, 0.6) is 5.75 Å². The van der Waals surface area contributed by atoms with Gasteiger partial charge in [-0.25, -0.2) is 9.18 Å². The third kappa shape index (κ3) is 5.19. The van der Waals surface area contributed by atoms with Gasteiger partial charge in [0.05, 0.1) is 6.54 Å². The summed E-state index contributed by atoms with van der Waals surface area (Å²) >= 11 is 0. The van der Waals surface area contributed by atoms with Crippen molar-refractivity contribution in [1.29, 1.82) is 0 Å². The second-order valence-corrected chi connectivity index (χ2v) is 5.21. The Morgan fingerprint density at radius 1 is 1.13 bits per heavy atom. The molecule has 0 radical (unpaired) electrons. The third-order valence-corrected chi connectivity index (χ3v) is 2.92. The van der Waals surface area contributed by atoms with E-state index in [1.165, 1.54) is 30.3 Å². The van der Waals surface area contributed by atoms with Crippen LogP contribution in [0.25, 0.3) is 0 Å². The van der Waals surface area contributed by atoms with Gasteiger partial charge in [-0.1, -0.05) is 6.07 Å². The van der Waals surface area contributed by atoms with Crippen molar-refractivity contribution in [3.05, 3.63) is 59.9 Å². The predicted molar refractivity (Wildman–Crippen MR) is 85.4 cm³/mol. The molecule has 0 saturated carbocycles. The predicted octanol–water partition coefficient (Wildman–Crippen LogP) is 3.18. The Labute approximate surface area is 133 Å². The smallest absolute Gasteiger partial charge is 0.410 e. The number of rotatable bonds is 5. The van der Waals surface area contributed by atoms with Crippen LogP contribution in [0.1, 0.15) is 10.4 Å². The van der Waals surface area contributed by atoms with Crippen LogP contribution in [0.2, 0.25) is 0 Å². The minimum atomic E-state index is -0.733. The van der Waals surface area contributed by atoms with Gasteiger partial charge < -0.3 is 9.64 Å². The Kier molecular flexibility index (Phi) is 5.43. The number of hydrogen-bond acceptors (Lipinski definition) is 4. The van der Waals surface area contributed by atoms with Gasteiger partial charge >= 0.3 is 6.09 Å². The summed E-state index contributed by atoms with van der Waals surface area (Å²) in [5.74, 6) is -0.183. The standard InChI is InChI=1S/C17H17FN2O3/c1-20(2)11-16(21)12-6-8-15(9-7-12)23-17(22)19-14-5-3-4-13(18)10-14/h3-10H,11H2,1-2H3,(H,19,22). The van der Waals surface area contributed by atoms with Crippen LogP contribution < -0.4 is 10.1 Å². The number of anilines is 1. The van der Waals surface area contributed by atoms with E-state index in [4.69, 9.17) is 4.74 Å². The monoisotopic (exact) mass is 316 g/mol. The first kappa shape index (κ1) is 16.6. The summed E-state index contributed by atoms with van der Waals surface area (Å²) < 4.78 is 18.1. The van der Waals surface area contributed by atoms with E-state index in [1.54, 1.807) is 23.1 Å². The summed E-state index contributed by atoms with van der Waals surface area (Å²) in [6, 6.07) is 11.8. The van der Waals surface area contributed by atoms with E-state index >= 15 is 0 Å². The largest absolute Gasteiger partial charge is 0.417 e. The van der Waals surface area contributed by atoms with E-state index in [9.17, 15) is 14.0 Å². The van der Waals surface area contributed by atoms with Crippen LogP contribution in [0.4, 0.5) is 14.9 Å². The first-order valence-corrected chi connectivity index (χ1v) is 6.96. The van der Waals surface area contributed by atoms with Crippen LogP contribution in [-0.4, -0.2) is 37.4 Å². The summed E-state index contributed by atoms with van der Waals surface area (Å²) in [5, 5.41) is 2.42. The Bertz CT molecular complexity index is 699. The van der Waals surface area contributed by atoms with Crippen molar-refractivity contribution in [2.75, 3.05) is 26.0 Å². The second-order valence-electron chi connectivity index (χ2n) is 5.21. The molecule has 1 N–H and O–H groups in total. The van der Waals surface area contributed by atoms with Crippen LogP contribution in [0.15, 0.2) is 48.5 Å². The summed E-state index contributed by atoms with van der Waals surface area (Å²) in [6.07, 6.45) is -0.733. The van der Waals surface area contributed by atoms with Gasteiger partial charge in [-0.3, -0.25) is 10.1 Å². The molecule has 1 amide bonds. The van der Waals surface area contributed by atoms with Gasteiger partial charge in [0.1, 0.15) is 11.6 Å². The number of benzene rings is 2. The Hall–Kier alpha value is -2.73. The maximum atomic E-state index is 13.0. The molecule has 0 aliphatic heterocycles. The van der Waals surface area contributed by atoms with Crippen LogP contribution in [0.3, 0.4) is 0 Å². The van der Waals surface area contributed by atoms with E-state index in [2.05, 4.69) is 5.32 Å². The average molecular weight is 316 g/mol. The lowest BCUT2D eigenvalue weighted by atomic mass is 10.1. The highest BCUT2D eigenvalue weighted by Gasteiger charge is 2.09. The number of ether oxygens (including phenoxy) is 1. The SMILES string of the molecule is CN(C)CC(=O)c1ccc(OC(=O)Nc2cccc(F)c2)cc1.